The van der Waals surface area contributed by atoms with E-state index in [4.69, 9.17) is 4.74 Å². The summed E-state index contributed by atoms with van der Waals surface area (Å²) in [5.74, 6) is -0.890. The Labute approximate surface area is 204 Å². The van der Waals surface area contributed by atoms with Gasteiger partial charge in [-0.25, -0.2) is 4.79 Å². The van der Waals surface area contributed by atoms with Gasteiger partial charge in [-0.15, -0.1) is 0 Å². The van der Waals surface area contributed by atoms with E-state index >= 15 is 0 Å². The first-order valence-corrected chi connectivity index (χ1v) is 11.8. The topological polar surface area (TPSA) is 108 Å². The van der Waals surface area contributed by atoms with Gasteiger partial charge in [0, 0.05) is 11.6 Å². The van der Waals surface area contributed by atoms with Crippen LogP contribution in [0.25, 0.3) is 0 Å². The first-order valence-electron chi connectivity index (χ1n) is 11.8. The molecule has 0 aliphatic rings. The van der Waals surface area contributed by atoms with Gasteiger partial charge in [0.1, 0.15) is 17.7 Å². The van der Waals surface area contributed by atoms with E-state index in [2.05, 4.69) is 10.6 Å². The van der Waals surface area contributed by atoms with E-state index in [1.807, 2.05) is 66.7 Å². The van der Waals surface area contributed by atoms with E-state index < -0.39 is 41.8 Å². The third kappa shape index (κ3) is 8.63. The summed E-state index contributed by atoms with van der Waals surface area (Å²) >= 11 is 0. The third-order valence-electron chi connectivity index (χ3n) is 5.24. The summed E-state index contributed by atoms with van der Waals surface area (Å²) in [7, 11) is 0. The summed E-state index contributed by atoms with van der Waals surface area (Å²) in [4.78, 5) is 41.2. The number of ether oxygens (including phenoxy) is 1. The first-order chi connectivity index (χ1) is 15.5. The third-order valence-corrected chi connectivity index (χ3v) is 5.24. The molecule has 8 nitrogen and oxygen atoms in total. The minimum absolute atomic E-state index is 0.331. The normalized spacial score (nSPS) is 14.6. The Morgan fingerprint density at radius 2 is 1.68 bits per heavy atom. The molecule has 0 saturated heterocycles. The molecule has 0 spiro atoms. The number of amides is 3. The second-order valence-corrected chi connectivity index (χ2v) is 10.9. The Bertz CT molecular complexity index is 870. The molecule has 8 heteroatoms. The molecule has 1 aromatic carbocycles. The molecule has 0 heterocycles. The van der Waals surface area contributed by atoms with E-state index in [0.29, 0.717) is 12.0 Å². The summed E-state index contributed by atoms with van der Waals surface area (Å²) in [5, 5.41) is 15.5. The quantitative estimate of drug-likeness (QED) is 0.528. The van der Waals surface area contributed by atoms with Gasteiger partial charge in [-0.1, -0.05) is 30.7 Å². The van der Waals surface area contributed by atoms with E-state index in [1.54, 1.807) is 20.8 Å². The van der Waals surface area contributed by atoms with Crippen LogP contribution in [0.2, 0.25) is 0 Å². The largest absolute Gasteiger partial charge is 0.444 e. The lowest BCUT2D eigenvalue weighted by atomic mass is 9.94. The van der Waals surface area contributed by atoms with Crippen molar-refractivity contribution in [2.75, 3.05) is 6.61 Å². The highest BCUT2D eigenvalue weighted by atomic mass is 16.6. The van der Waals surface area contributed by atoms with Crippen LogP contribution < -0.4 is 10.6 Å². The van der Waals surface area contributed by atoms with E-state index in [-0.39, 0.29) is 11.9 Å². The number of aliphatic hydroxyl groups excluding tert-OH is 1. The van der Waals surface area contributed by atoms with Gasteiger partial charge in [-0.3, -0.25) is 9.59 Å². The Hall–Kier alpha value is -2.61. The molecule has 3 unspecified atom stereocenters. The maximum Gasteiger partial charge on any atom is 0.408 e. The maximum atomic E-state index is 13.8. The minimum atomic E-state index is -1.26. The van der Waals surface area contributed by atoms with E-state index in [0.717, 1.165) is 11.1 Å². The van der Waals surface area contributed by atoms with Gasteiger partial charge in [0.2, 0.25) is 11.8 Å². The van der Waals surface area contributed by atoms with Crippen molar-refractivity contribution in [3.8, 4) is 0 Å². The van der Waals surface area contributed by atoms with Crippen molar-refractivity contribution in [3.63, 3.8) is 0 Å². The van der Waals surface area contributed by atoms with Gasteiger partial charge in [-0.05, 0) is 79.9 Å². The lowest BCUT2D eigenvalue weighted by Crippen LogP contribution is -2.57. The predicted molar refractivity (Wildman–Crippen MR) is 133 cm³/mol. The molecule has 1 rings (SSSR count). The highest BCUT2D eigenvalue weighted by molar-refractivity contribution is 5.92. The van der Waals surface area contributed by atoms with Crippen LogP contribution in [0.5, 0.6) is 0 Å². The lowest BCUT2D eigenvalue weighted by molar-refractivity contribution is -0.146. The zero-order valence-corrected chi connectivity index (χ0v) is 22.4. The maximum absolute atomic E-state index is 13.8. The van der Waals surface area contributed by atoms with Crippen LogP contribution in [0.3, 0.4) is 0 Å². The number of carbonyl (C=O) groups excluding carboxylic acids is 3. The minimum Gasteiger partial charge on any atom is -0.444 e. The molecule has 0 aliphatic carbocycles. The fraction of sp³-hybridized carbons (Fsp3) is 0.654. The standard InChI is InChI=1S/C26H43N3O5/c1-11-18(4)29(23(32)20(15-30)27-24(33)34-26(8,9)10)21(22(31)28-25(5,6)7)19-13-12-16(2)14-17(19)3/h12-14,18,20-21,30H,11,15H2,1-10H3,(H,27,33)(H,28,31). The highest BCUT2D eigenvalue weighted by Gasteiger charge is 2.39. The summed E-state index contributed by atoms with van der Waals surface area (Å²) in [6.07, 6.45) is -0.244. The lowest BCUT2D eigenvalue weighted by Gasteiger charge is -2.39. The van der Waals surface area contributed by atoms with Gasteiger partial charge in [0.15, 0.2) is 0 Å². The van der Waals surface area contributed by atoms with Crippen LogP contribution in [0.1, 0.15) is 84.5 Å². The van der Waals surface area contributed by atoms with Gasteiger partial charge >= 0.3 is 6.09 Å². The Morgan fingerprint density at radius 3 is 2.12 bits per heavy atom. The number of aliphatic hydroxyl groups is 1. The van der Waals surface area contributed by atoms with Crippen LogP contribution in [-0.2, 0) is 14.3 Å². The molecule has 192 valence electrons. The van der Waals surface area contributed by atoms with Gasteiger partial charge < -0.3 is 25.4 Å². The van der Waals surface area contributed by atoms with Crippen molar-refractivity contribution in [1.82, 2.24) is 15.5 Å². The molecule has 0 fully saturated rings. The molecule has 0 saturated carbocycles. The van der Waals surface area contributed by atoms with Crippen molar-refractivity contribution in [2.24, 2.45) is 0 Å². The van der Waals surface area contributed by atoms with Crippen molar-refractivity contribution in [1.29, 1.82) is 0 Å². The zero-order chi connectivity index (χ0) is 26.4. The fourth-order valence-corrected chi connectivity index (χ4v) is 3.60. The number of alkyl carbamates (subject to hydrolysis) is 1. The predicted octanol–water partition coefficient (Wildman–Crippen LogP) is 3.77. The number of aryl methyl sites for hydroxylation is 2. The molecule has 0 aromatic heterocycles. The van der Waals surface area contributed by atoms with Crippen molar-refractivity contribution >= 4 is 17.9 Å². The number of hydrogen-bond donors (Lipinski definition) is 3. The number of carbonyl (C=O) groups is 3. The van der Waals surface area contributed by atoms with Crippen molar-refractivity contribution in [3.05, 3.63) is 34.9 Å². The van der Waals surface area contributed by atoms with Crippen LogP contribution in [0.4, 0.5) is 4.79 Å². The van der Waals surface area contributed by atoms with Gasteiger partial charge in [0.05, 0.1) is 6.61 Å². The molecule has 0 bridgehead atoms. The Balaban J connectivity index is 3.54. The Kier molecular flexibility index (Phi) is 10.1. The summed E-state index contributed by atoms with van der Waals surface area (Å²) in [5.41, 5.74) is 1.31. The van der Waals surface area contributed by atoms with Crippen molar-refractivity contribution in [2.45, 2.75) is 105 Å². The summed E-state index contributed by atoms with van der Waals surface area (Å²) < 4.78 is 5.27. The average molecular weight is 478 g/mol. The second kappa shape index (κ2) is 11.7. The highest BCUT2D eigenvalue weighted by Crippen LogP contribution is 2.29. The Morgan fingerprint density at radius 1 is 1.09 bits per heavy atom. The molecule has 0 radical (unpaired) electrons. The molecular formula is C26H43N3O5. The number of rotatable bonds is 8. The first kappa shape index (κ1) is 29.4. The van der Waals surface area contributed by atoms with Crippen LogP contribution in [0.15, 0.2) is 18.2 Å². The molecule has 3 atom stereocenters. The fourth-order valence-electron chi connectivity index (χ4n) is 3.60. The average Bonchev–Trinajstić information content (AvgIpc) is 2.67. The van der Waals surface area contributed by atoms with E-state index in [9.17, 15) is 19.5 Å². The number of hydrogen-bond acceptors (Lipinski definition) is 5. The summed E-state index contributed by atoms with van der Waals surface area (Å²) in [6, 6.07) is 3.17. The molecule has 0 aliphatic heterocycles. The second-order valence-electron chi connectivity index (χ2n) is 10.9. The molecule has 3 N–H and O–H groups in total. The molecular weight excluding hydrogens is 434 g/mol. The van der Waals surface area contributed by atoms with Crippen LogP contribution in [-0.4, -0.2) is 57.7 Å². The van der Waals surface area contributed by atoms with Gasteiger partial charge in [0.25, 0.3) is 0 Å². The van der Waals surface area contributed by atoms with Crippen molar-refractivity contribution < 1.29 is 24.2 Å². The number of nitrogens with one attached hydrogen (secondary N) is 2. The van der Waals surface area contributed by atoms with Gasteiger partial charge in [-0.2, -0.15) is 0 Å². The van der Waals surface area contributed by atoms with Crippen LogP contribution >= 0.6 is 0 Å². The van der Waals surface area contributed by atoms with E-state index in [1.165, 1.54) is 4.90 Å². The number of benzene rings is 1. The summed E-state index contributed by atoms with van der Waals surface area (Å²) in [6.45, 7) is 17.8. The number of nitrogens with zero attached hydrogens (tertiary/aromatic N) is 1. The SMILES string of the molecule is CCC(C)N(C(=O)C(CO)NC(=O)OC(C)(C)C)C(C(=O)NC(C)(C)C)c1ccc(C)cc1C. The monoisotopic (exact) mass is 477 g/mol. The van der Waals surface area contributed by atoms with Crippen LogP contribution in [0, 0.1) is 13.8 Å². The zero-order valence-electron chi connectivity index (χ0n) is 22.4. The smallest absolute Gasteiger partial charge is 0.408 e. The molecule has 3 amide bonds. The molecule has 1 aromatic rings. The molecule has 34 heavy (non-hydrogen) atoms.